The number of fused-ring (bicyclic) bond motifs is 2. The lowest BCUT2D eigenvalue weighted by Gasteiger charge is -2.36. The zero-order valence-corrected chi connectivity index (χ0v) is 25.5. The molecule has 232 valence electrons. The second-order valence-electron chi connectivity index (χ2n) is 12.5. The Hall–Kier alpha value is -3.95. The lowest BCUT2D eigenvalue weighted by molar-refractivity contribution is -0.144. The molecule has 0 saturated carbocycles. The number of aliphatic hydroxyl groups is 1. The molecule has 3 N–H and O–H groups in total. The summed E-state index contributed by atoms with van der Waals surface area (Å²) in [5, 5.41) is 17.5. The highest BCUT2D eigenvalue weighted by Gasteiger charge is 2.79. The van der Waals surface area contributed by atoms with Crippen molar-refractivity contribution in [3.05, 3.63) is 66.7 Å². The van der Waals surface area contributed by atoms with Crippen LogP contribution in [-0.4, -0.2) is 64.7 Å². The number of amides is 3. The fourth-order valence-corrected chi connectivity index (χ4v) is 7.75. The Balaban J connectivity index is 1.32. The van der Waals surface area contributed by atoms with E-state index in [9.17, 15) is 19.5 Å². The van der Waals surface area contributed by atoms with Crippen molar-refractivity contribution in [1.29, 1.82) is 0 Å². The molecule has 3 unspecified atom stereocenters. The van der Waals surface area contributed by atoms with Gasteiger partial charge in [0.1, 0.15) is 17.4 Å². The average Bonchev–Trinajstić information content (AvgIpc) is 3.52. The first-order valence-electron chi connectivity index (χ1n) is 15.7. The van der Waals surface area contributed by atoms with Crippen molar-refractivity contribution in [2.75, 3.05) is 30.4 Å². The molecule has 3 amide bonds. The fourth-order valence-electron chi connectivity index (χ4n) is 7.75. The molecule has 3 saturated heterocycles. The van der Waals surface area contributed by atoms with Gasteiger partial charge in [0, 0.05) is 24.5 Å². The SMILES string of the molecule is CCOc1ccc(NC(=O)[C@@H]2[C@H]3C(=O)N(CCCCCO)C(C(=O)Nc4ccc5ccccc5c4)C34CC(C)[C@@]2(C)O4)cc1. The quantitative estimate of drug-likeness (QED) is 0.268. The second kappa shape index (κ2) is 11.9. The van der Waals surface area contributed by atoms with Crippen LogP contribution in [0, 0.1) is 17.8 Å². The molecule has 0 aliphatic carbocycles. The number of ether oxygens (including phenoxy) is 2. The Kier molecular flexibility index (Phi) is 8.11. The minimum Gasteiger partial charge on any atom is -0.494 e. The maximum atomic E-state index is 14.3. The van der Waals surface area contributed by atoms with Gasteiger partial charge in [0.15, 0.2) is 0 Å². The molecule has 44 heavy (non-hydrogen) atoms. The number of unbranched alkanes of at least 4 members (excludes halogenated alkanes) is 2. The molecule has 3 aliphatic rings. The van der Waals surface area contributed by atoms with Crippen LogP contribution < -0.4 is 15.4 Å². The number of aliphatic hydroxyl groups excluding tert-OH is 1. The summed E-state index contributed by atoms with van der Waals surface area (Å²) >= 11 is 0. The van der Waals surface area contributed by atoms with Gasteiger partial charge in [-0.25, -0.2) is 0 Å². The average molecular weight is 600 g/mol. The summed E-state index contributed by atoms with van der Waals surface area (Å²) < 4.78 is 12.4. The van der Waals surface area contributed by atoms with E-state index in [2.05, 4.69) is 10.6 Å². The third kappa shape index (κ3) is 5.02. The van der Waals surface area contributed by atoms with E-state index in [-0.39, 0.29) is 30.2 Å². The van der Waals surface area contributed by atoms with Crippen LogP contribution in [0.1, 0.15) is 46.5 Å². The molecular formula is C35H41N3O6. The Morgan fingerprint density at radius 3 is 2.41 bits per heavy atom. The van der Waals surface area contributed by atoms with Gasteiger partial charge in [-0.15, -0.1) is 0 Å². The largest absolute Gasteiger partial charge is 0.494 e. The standard InChI is InChI=1S/C35H41N3O6/c1-4-43-27-16-14-25(15-17-27)36-31(40)28-29-33(42)38(18-8-5-9-19-39)30(35(29)21-22(2)34(28,3)44-35)32(41)37-26-13-12-23-10-6-7-11-24(23)20-26/h6-7,10-17,20,22,28-30,39H,4-5,8-9,18-19,21H2,1-3H3,(H,36,40)(H,37,41)/t22?,28-,29-,30?,34+,35?/m0/s1. The number of carbonyl (C=O) groups excluding carboxylic acids is 3. The summed E-state index contributed by atoms with van der Waals surface area (Å²) in [4.78, 5) is 44.2. The van der Waals surface area contributed by atoms with Crippen molar-refractivity contribution in [3.63, 3.8) is 0 Å². The third-order valence-corrected chi connectivity index (χ3v) is 9.85. The van der Waals surface area contributed by atoms with Crippen LogP contribution in [0.3, 0.4) is 0 Å². The molecule has 3 fully saturated rings. The van der Waals surface area contributed by atoms with E-state index >= 15 is 0 Å². The number of hydrogen-bond acceptors (Lipinski definition) is 6. The van der Waals surface area contributed by atoms with Gasteiger partial charge in [-0.05, 0) is 92.6 Å². The topological polar surface area (TPSA) is 117 Å². The number of nitrogens with one attached hydrogen (secondary N) is 2. The molecule has 9 heteroatoms. The summed E-state index contributed by atoms with van der Waals surface area (Å²) in [5.74, 6) is -1.76. The van der Waals surface area contributed by atoms with Crippen molar-refractivity contribution >= 4 is 39.9 Å². The summed E-state index contributed by atoms with van der Waals surface area (Å²) in [6, 6.07) is 19.9. The molecular weight excluding hydrogens is 558 g/mol. The van der Waals surface area contributed by atoms with Crippen LogP contribution in [-0.2, 0) is 19.1 Å². The van der Waals surface area contributed by atoms with Crippen LogP contribution in [0.2, 0.25) is 0 Å². The van der Waals surface area contributed by atoms with Crippen LogP contribution in [0.25, 0.3) is 10.8 Å². The molecule has 6 rings (SSSR count). The molecule has 0 aromatic heterocycles. The number of hydrogen-bond donors (Lipinski definition) is 3. The van der Waals surface area contributed by atoms with E-state index in [1.165, 1.54) is 0 Å². The van der Waals surface area contributed by atoms with Gasteiger partial charge in [-0.2, -0.15) is 0 Å². The highest BCUT2D eigenvalue weighted by atomic mass is 16.5. The van der Waals surface area contributed by atoms with Crippen LogP contribution >= 0.6 is 0 Å². The zero-order valence-electron chi connectivity index (χ0n) is 25.5. The number of nitrogens with zero attached hydrogens (tertiary/aromatic N) is 1. The highest BCUT2D eigenvalue weighted by Crippen LogP contribution is 2.65. The summed E-state index contributed by atoms with van der Waals surface area (Å²) in [7, 11) is 0. The lowest BCUT2D eigenvalue weighted by atomic mass is 9.62. The molecule has 3 aromatic rings. The Labute approximate surface area is 257 Å². The Morgan fingerprint density at radius 2 is 1.68 bits per heavy atom. The van der Waals surface area contributed by atoms with Crippen molar-refractivity contribution in [1.82, 2.24) is 4.90 Å². The number of carbonyl (C=O) groups is 3. The Morgan fingerprint density at radius 1 is 0.977 bits per heavy atom. The lowest BCUT2D eigenvalue weighted by Crippen LogP contribution is -2.54. The molecule has 9 nitrogen and oxygen atoms in total. The molecule has 1 spiro atoms. The van der Waals surface area contributed by atoms with Gasteiger partial charge >= 0.3 is 0 Å². The number of rotatable bonds is 11. The van der Waals surface area contributed by atoms with E-state index in [0.29, 0.717) is 56.0 Å². The van der Waals surface area contributed by atoms with Crippen LogP contribution in [0.5, 0.6) is 5.75 Å². The number of likely N-dealkylation sites (tertiary alicyclic amines) is 1. The smallest absolute Gasteiger partial charge is 0.250 e. The van der Waals surface area contributed by atoms with Crippen molar-refractivity contribution < 1.29 is 29.0 Å². The third-order valence-electron chi connectivity index (χ3n) is 9.85. The highest BCUT2D eigenvalue weighted by molar-refractivity contribution is 6.06. The van der Waals surface area contributed by atoms with Crippen molar-refractivity contribution in [2.24, 2.45) is 17.8 Å². The first kappa shape index (κ1) is 30.1. The van der Waals surface area contributed by atoms with E-state index in [4.69, 9.17) is 9.47 Å². The second-order valence-corrected chi connectivity index (χ2v) is 12.5. The Bertz CT molecular complexity index is 1560. The first-order chi connectivity index (χ1) is 21.2. The molecule has 3 heterocycles. The molecule has 2 bridgehead atoms. The van der Waals surface area contributed by atoms with Gasteiger partial charge < -0.3 is 30.1 Å². The maximum absolute atomic E-state index is 14.3. The summed E-state index contributed by atoms with van der Waals surface area (Å²) in [6.45, 7) is 6.80. The van der Waals surface area contributed by atoms with Crippen LogP contribution in [0.4, 0.5) is 11.4 Å². The van der Waals surface area contributed by atoms with Gasteiger partial charge in [0.2, 0.25) is 17.7 Å². The zero-order chi connectivity index (χ0) is 31.1. The van der Waals surface area contributed by atoms with Crippen LogP contribution in [0.15, 0.2) is 66.7 Å². The molecule has 6 atom stereocenters. The van der Waals surface area contributed by atoms with E-state index < -0.39 is 29.1 Å². The molecule has 3 aliphatic heterocycles. The maximum Gasteiger partial charge on any atom is 0.250 e. The van der Waals surface area contributed by atoms with Crippen molar-refractivity contribution in [3.8, 4) is 5.75 Å². The van der Waals surface area contributed by atoms with E-state index in [1.54, 1.807) is 29.2 Å². The summed E-state index contributed by atoms with van der Waals surface area (Å²) in [6.07, 6.45) is 2.46. The van der Waals surface area contributed by atoms with E-state index in [0.717, 1.165) is 10.8 Å². The normalized spacial score (nSPS) is 28.7. The predicted octanol–water partition coefficient (Wildman–Crippen LogP) is 4.99. The monoisotopic (exact) mass is 599 g/mol. The minimum absolute atomic E-state index is 0.0621. The summed E-state index contributed by atoms with van der Waals surface area (Å²) in [5.41, 5.74) is -0.814. The molecule has 3 aromatic carbocycles. The first-order valence-corrected chi connectivity index (χ1v) is 15.7. The fraction of sp³-hybridized carbons (Fsp3) is 0.457. The molecule has 0 radical (unpaired) electrons. The van der Waals surface area contributed by atoms with Gasteiger partial charge in [0.25, 0.3) is 0 Å². The number of anilines is 2. The van der Waals surface area contributed by atoms with Gasteiger partial charge in [0.05, 0.1) is 24.0 Å². The van der Waals surface area contributed by atoms with Crippen molar-refractivity contribution in [2.45, 2.75) is 63.7 Å². The van der Waals surface area contributed by atoms with Gasteiger partial charge in [-0.3, -0.25) is 14.4 Å². The number of benzene rings is 3. The van der Waals surface area contributed by atoms with E-state index in [1.807, 2.05) is 63.2 Å². The predicted molar refractivity (Wildman–Crippen MR) is 168 cm³/mol. The minimum atomic E-state index is -1.13. The van der Waals surface area contributed by atoms with Gasteiger partial charge in [-0.1, -0.05) is 37.3 Å².